The van der Waals surface area contributed by atoms with E-state index in [0.29, 0.717) is 17.8 Å². The second-order valence-corrected chi connectivity index (χ2v) is 7.19. The summed E-state index contributed by atoms with van der Waals surface area (Å²) in [7, 11) is 0. The van der Waals surface area contributed by atoms with Crippen molar-refractivity contribution in [2.45, 2.75) is 45.7 Å². The van der Waals surface area contributed by atoms with E-state index in [2.05, 4.69) is 26.1 Å². The molecule has 0 aliphatic carbocycles. The first-order chi connectivity index (χ1) is 10.7. The zero-order valence-electron chi connectivity index (χ0n) is 14.0. The van der Waals surface area contributed by atoms with Crippen LogP contribution in [-0.4, -0.2) is 35.5 Å². The fourth-order valence-corrected chi connectivity index (χ4v) is 3.40. The Morgan fingerprint density at radius 2 is 2.00 bits per heavy atom. The van der Waals surface area contributed by atoms with E-state index in [-0.39, 0.29) is 23.4 Å². The Hall–Kier alpha value is -2.24. The summed E-state index contributed by atoms with van der Waals surface area (Å²) in [6, 6.07) is 6.16. The van der Waals surface area contributed by atoms with Crippen molar-refractivity contribution in [1.29, 1.82) is 0 Å². The predicted molar refractivity (Wildman–Crippen MR) is 90.9 cm³/mol. The lowest BCUT2D eigenvalue weighted by molar-refractivity contribution is 0.0572. The molecule has 0 bridgehead atoms. The molecule has 1 aliphatic rings. The van der Waals surface area contributed by atoms with Crippen molar-refractivity contribution < 1.29 is 9.59 Å². The van der Waals surface area contributed by atoms with Gasteiger partial charge in [0.15, 0.2) is 0 Å². The molecule has 0 spiro atoms. The lowest BCUT2D eigenvalue weighted by Crippen LogP contribution is -2.62. The van der Waals surface area contributed by atoms with E-state index in [9.17, 15) is 9.59 Å². The molecule has 23 heavy (non-hydrogen) atoms. The highest BCUT2D eigenvalue weighted by Crippen LogP contribution is 2.32. The van der Waals surface area contributed by atoms with Crippen LogP contribution in [0.5, 0.6) is 0 Å². The number of hydrogen-bond acceptors (Lipinski definition) is 3. The van der Waals surface area contributed by atoms with Crippen LogP contribution in [0.4, 0.5) is 10.5 Å². The molecule has 1 saturated heterocycles. The Balaban J connectivity index is 2.22. The molecular weight excluding hydrogens is 292 g/mol. The number of nitrogen functional groups attached to an aromatic ring is 1. The van der Waals surface area contributed by atoms with E-state index >= 15 is 0 Å². The molecule has 1 aromatic rings. The number of nitrogens with zero attached hydrogens (tertiary/aromatic N) is 1. The average molecular weight is 318 g/mol. The number of nitrogens with two attached hydrogens (primary N) is 2. The van der Waals surface area contributed by atoms with Gasteiger partial charge in [0, 0.05) is 17.8 Å². The third-order valence-electron chi connectivity index (χ3n) is 4.27. The van der Waals surface area contributed by atoms with Gasteiger partial charge in [0.25, 0.3) is 5.91 Å². The van der Waals surface area contributed by atoms with Crippen LogP contribution in [-0.2, 0) is 0 Å². The van der Waals surface area contributed by atoms with E-state index in [4.69, 9.17) is 11.5 Å². The van der Waals surface area contributed by atoms with Crippen LogP contribution in [0.2, 0.25) is 0 Å². The normalized spacial score (nSPS) is 21.8. The minimum Gasteiger partial charge on any atom is -0.399 e. The van der Waals surface area contributed by atoms with Crippen LogP contribution in [0.25, 0.3) is 0 Å². The monoisotopic (exact) mass is 318 g/mol. The highest BCUT2D eigenvalue weighted by Gasteiger charge is 2.41. The number of piperidine rings is 1. The number of carbonyl (C=O) groups excluding carboxylic acids is 2. The highest BCUT2D eigenvalue weighted by atomic mass is 16.2. The minimum absolute atomic E-state index is 0.134. The second kappa shape index (κ2) is 6.48. The van der Waals surface area contributed by atoms with Gasteiger partial charge in [-0.1, -0.05) is 26.8 Å². The minimum atomic E-state index is -0.437. The number of rotatable bonds is 2. The van der Waals surface area contributed by atoms with Gasteiger partial charge in [-0.2, -0.15) is 0 Å². The van der Waals surface area contributed by atoms with Crippen molar-refractivity contribution in [3.63, 3.8) is 0 Å². The smallest absolute Gasteiger partial charge is 0.315 e. The van der Waals surface area contributed by atoms with Crippen LogP contribution in [0.15, 0.2) is 24.3 Å². The molecule has 6 nitrogen and oxygen atoms in total. The van der Waals surface area contributed by atoms with E-state index in [0.717, 1.165) is 12.8 Å². The van der Waals surface area contributed by atoms with Gasteiger partial charge in [0.05, 0.1) is 12.1 Å². The van der Waals surface area contributed by atoms with Crippen LogP contribution in [0, 0.1) is 5.41 Å². The summed E-state index contributed by atoms with van der Waals surface area (Å²) in [6.45, 7) is 6.79. The van der Waals surface area contributed by atoms with Gasteiger partial charge in [0.2, 0.25) is 0 Å². The van der Waals surface area contributed by atoms with Crippen molar-refractivity contribution >= 4 is 17.6 Å². The van der Waals surface area contributed by atoms with E-state index < -0.39 is 6.03 Å². The molecule has 0 aromatic heterocycles. The van der Waals surface area contributed by atoms with Crippen LogP contribution in [0.1, 0.15) is 44.0 Å². The maximum Gasteiger partial charge on any atom is 0.315 e. The van der Waals surface area contributed by atoms with Gasteiger partial charge in [-0.05, 0) is 36.5 Å². The number of hydrogen-bond donors (Lipinski definition) is 3. The summed E-state index contributed by atoms with van der Waals surface area (Å²) in [5, 5.41) is 3.06. The van der Waals surface area contributed by atoms with Crippen LogP contribution < -0.4 is 16.8 Å². The number of carbonyl (C=O) groups is 2. The quantitative estimate of drug-likeness (QED) is 0.726. The molecule has 126 valence electrons. The highest BCUT2D eigenvalue weighted by molar-refractivity contribution is 5.95. The molecule has 2 unspecified atom stereocenters. The predicted octanol–water partition coefficient (Wildman–Crippen LogP) is 1.96. The Kier molecular flexibility index (Phi) is 4.82. The SMILES string of the molecule is CC(C)(C)C1C(NC(=O)c2cccc(N)c2)CCCN1C(N)=O. The van der Waals surface area contributed by atoms with Crippen molar-refractivity contribution in [3.05, 3.63) is 29.8 Å². The molecular formula is C17H26N4O2. The molecule has 1 aliphatic heterocycles. The number of urea groups is 1. The van der Waals surface area contributed by atoms with Crippen LogP contribution in [0.3, 0.4) is 0 Å². The first kappa shape index (κ1) is 17.1. The number of benzene rings is 1. The Morgan fingerprint density at radius 1 is 1.30 bits per heavy atom. The molecule has 1 fully saturated rings. The first-order valence-corrected chi connectivity index (χ1v) is 7.92. The van der Waals surface area contributed by atoms with Crippen LogP contribution >= 0.6 is 0 Å². The first-order valence-electron chi connectivity index (χ1n) is 7.92. The molecule has 0 radical (unpaired) electrons. The lowest BCUT2D eigenvalue weighted by atomic mass is 9.77. The summed E-state index contributed by atoms with van der Waals surface area (Å²) >= 11 is 0. The summed E-state index contributed by atoms with van der Waals surface area (Å²) in [5.41, 5.74) is 12.2. The molecule has 5 N–H and O–H groups in total. The van der Waals surface area contributed by atoms with Crippen molar-refractivity contribution in [2.75, 3.05) is 12.3 Å². The third kappa shape index (κ3) is 3.94. The standard InChI is InChI=1S/C17H26N4O2/c1-17(2,3)14-13(8-5-9-21(14)16(19)23)20-15(22)11-6-4-7-12(18)10-11/h4,6-7,10,13-14H,5,8-9,18H2,1-3H3,(H2,19,23)(H,20,22). The fraction of sp³-hybridized carbons (Fsp3) is 0.529. The largest absolute Gasteiger partial charge is 0.399 e. The Bertz CT molecular complexity index is 595. The van der Waals surface area contributed by atoms with Gasteiger partial charge >= 0.3 is 6.03 Å². The van der Waals surface area contributed by atoms with Crippen molar-refractivity contribution in [2.24, 2.45) is 11.1 Å². The zero-order chi connectivity index (χ0) is 17.2. The number of anilines is 1. The molecule has 1 aromatic carbocycles. The number of amides is 3. The molecule has 2 rings (SSSR count). The average Bonchev–Trinajstić information content (AvgIpc) is 2.45. The summed E-state index contributed by atoms with van der Waals surface area (Å²) in [6.07, 6.45) is 1.64. The molecule has 3 amide bonds. The number of primary amides is 1. The number of nitrogens with one attached hydrogen (secondary N) is 1. The molecule has 6 heteroatoms. The summed E-state index contributed by atoms with van der Waals surface area (Å²) in [4.78, 5) is 26.0. The van der Waals surface area contributed by atoms with E-state index in [1.165, 1.54) is 0 Å². The Labute approximate surface area is 137 Å². The van der Waals surface area contributed by atoms with E-state index in [1.807, 2.05) is 0 Å². The van der Waals surface area contributed by atoms with E-state index in [1.54, 1.807) is 29.2 Å². The molecule has 2 atom stereocenters. The number of likely N-dealkylation sites (tertiary alicyclic amines) is 1. The lowest BCUT2D eigenvalue weighted by Gasteiger charge is -2.47. The Morgan fingerprint density at radius 3 is 2.57 bits per heavy atom. The maximum atomic E-state index is 12.5. The fourth-order valence-electron chi connectivity index (χ4n) is 3.40. The molecule has 0 saturated carbocycles. The van der Waals surface area contributed by atoms with Crippen molar-refractivity contribution in [1.82, 2.24) is 10.2 Å². The van der Waals surface area contributed by atoms with Gasteiger partial charge in [-0.15, -0.1) is 0 Å². The topological polar surface area (TPSA) is 101 Å². The van der Waals surface area contributed by atoms with Gasteiger partial charge in [-0.3, -0.25) is 4.79 Å². The summed E-state index contributed by atoms with van der Waals surface area (Å²) < 4.78 is 0. The van der Waals surface area contributed by atoms with Gasteiger partial charge < -0.3 is 21.7 Å². The zero-order valence-corrected chi connectivity index (χ0v) is 14.0. The van der Waals surface area contributed by atoms with Gasteiger partial charge in [0.1, 0.15) is 0 Å². The second-order valence-electron chi connectivity index (χ2n) is 7.19. The third-order valence-corrected chi connectivity index (χ3v) is 4.27. The van der Waals surface area contributed by atoms with Gasteiger partial charge in [-0.25, -0.2) is 4.79 Å². The maximum absolute atomic E-state index is 12.5. The molecule has 1 heterocycles. The summed E-state index contributed by atoms with van der Waals surface area (Å²) in [5.74, 6) is -0.178. The van der Waals surface area contributed by atoms with Crippen molar-refractivity contribution in [3.8, 4) is 0 Å².